The quantitative estimate of drug-likeness (QED) is 0.562. The van der Waals surface area contributed by atoms with Crippen molar-refractivity contribution < 1.29 is 17.9 Å². The van der Waals surface area contributed by atoms with E-state index in [4.69, 9.17) is 16.3 Å². The molecule has 0 N–H and O–H groups in total. The Morgan fingerprint density at radius 2 is 2.06 bits per heavy atom. The van der Waals surface area contributed by atoms with Crippen LogP contribution in [-0.4, -0.2) is 18.6 Å². The molecule has 18 heavy (non-hydrogen) atoms. The van der Waals surface area contributed by atoms with Gasteiger partial charge in [0.1, 0.15) is 5.75 Å². The van der Waals surface area contributed by atoms with Crippen molar-refractivity contribution in [1.82, 2.24) is 0 Å². The van der Waals surface area contributed by atoms with Crippen molar-refractivity contribution in [2.24, 2.45) is 0 Å². The summed E-state index contributed by atoms with van der Waals surface area (Å²) in [5, 5.41) is 0. The van der Waals surface area contributed by atoms with Crippen LogP contribution in [0.4, 0.5) is 13.2 Å². The molecule has 1 aromatic carbocycles. The van der Waals surface area contributed by atoms with Gasteiger partial charge in [0.2, 0.25) is 0 Å². The van der Waals surface area contributed by atoms with Gasteiger partial charge in [-0.05, 0) is 36.1 Å². The molecule has 0 aliphatic carbocycles. The van der Waals surface area contributed by atoms with E-state index in [1.165, 1.54) is 6.07 Å². The van der Waals surface area contributed by atoms with Crippen molar-refractivity contribution in [3.63, 3.8) is 0 Å². The zero-order chi connectivity index (χ0) is 13.6. The molecule has 0 saturated heterocycles. The molecule has 0 heterocycles. The highest BCUT2D eigenvalue weighted by Crippen LogP contribution is 2.37. The summed E-state index contributed by atoms with van der Waals surface area (Å²) in [7, 11) is 0. The first-order valence-electron chi connectivity index (χ1n) is 5.37. The van der Waals surface area contributed by atoms with Crippen molar-refractivity contribution in [3.8, 4) is 5.75 Å². The summed E-state index contributed by atoms with van der Waals surface area (Å²) in [6, 6.07) is 3.92. The molecule has 0 radical (unpaired) electrons. The molecule has 6 heteroatoms. The number of ether oxygens (including phenoxy) is 1. The molecule has 0 aliphatic rings. The van der Waals surface area contributed by atoms with Gasteiger partial charge < -0.3 is 4.74 Å². The maximum Gasteiger partial charge on any atom is 0.419 e. The van der Waals surface area contributed by atoms with Gasteiger partial charge in [-0.2, -0.15) is 24.9 Å². The van der Waals surface area contributed by atoms with Crippen LogP contribution in [0.25, 0.3) is 0 Å². The lowest BCUT2D eigenvalue weighted by Crippen LogP contribution is -2.10. The van der Waals surface area contributed by atoms with Crippen molar-refractivity contribution >= 4 is 23.4 Å². The van der Waals surface area contributed by atoms with Crippen LogP contribution >= 0.6 is 23.4 Å². The molecule has 1 rings (SSSR count). The number of benzene rings is 1. The lowest BCUT2D eigenvalue weighted by molar-refractivity contribution is -0.139. The Hall–Kier alpha value is -0.550. The lowest BCUT2D eigenvalue weighted by atomic mass is 10.1. The summed E-state index contributed by atoms with van der Waals surface area (Å²) in [6.07, 6.45) is -1.76. The summed E-state index contributed by atoms with van der Waals surface area (Å²) in [5.74, 6) is 0.786. The summed E-state index contributed by atoms with van der Waals surface area (Å²) >= 11 is 7.17. The van der Waals surface area contributed by atoms with Crippen LogP contribution in [-0.2, 0) is 12.1 Å². The zero-order valence-corrected chi connectivity index (χ0v) is 11.5. The number of rotatable bonds is 6. The van der Waals surface area contributed by atoms with Gasteiger partial charge in [-0.3, -0.25) is 0 Å². The van der Waals surface area contributed by atoms with Crippen molar-refractivity contribution in [3.05, 3.63) is 29.3 Å². The van der Waals surface area contributed by atoms with Crippen LogP contribution in [0, 0.1) is 0 Å². The van der Waals surface area contributed by atoms with Gasteiger partial charge in [-0.25, -0.2) is 0 Å². The number of hydrogen-bond donors (Lipinski definition) is 0. The average Bonchev–Trinajstić information content (AvgIpc) is 2.33. The largest absolute Gasteiger partial charge is 0.493 e. The molecule has 0 aliphatic heterocycles. The molecular weight excluding hydrogens is 285 g/mol. The Balaban J connectivity index is 2.82. The van der Waals surface area contributed by atoms with Gasteiger partial charge in [0.25, 0.3) is 0 Å². The number of hydrogen-bond acceptors (Lipinski definition) is 2. The second-order valence-electron chi connectivity index (χ2n) is 3.66. The van der Waals surface area contributed by atoms with E-state index >= 15 is 0 Å². The third-order valence-corrected chi connectivity index (χ3v) is 3.26. The van der Waals surface area contributed by atoms with Crippen LogP contribution in [0.15, 0.2) is 18.2 Å². The van der Waals surface area contributed by atoms with E-state index in [1.54, 1.807) is 17.8 Å². The third-order valence-electron chi connectivity index (χ3n) is 2.25. The van der Waals surface area contributed by atoms with Crippen LogP contribution in [0.1, 0.15) is 17.5 Å². The molecule has 0 atom stereocenters. The van der Waals surface area contributed by atoms with Gasteiger partial charge in [-0.1, -0.05) is 6.07 Å². The normalized spacial score (nSPS) is 11.6. The second kappa shape index (κ2) is 7.14. The Morgan fingerprint density at radius 1 is 1.33 bits per heavy atom. The molecule has 0 unspecified atom stereocenters. The first-order valence-corrected chi connectivity index (χ1v) is 7.29. The van der Waals surface area contributed by atoms with Gasteiger partial charge in [0, 0.05) is 5.88 Å². The predicted molar refractivity (Wildman–Crippen MR) is 69.5 cm³/mol. The van der Waals surface area contributed by atoms with Crippen molar-refractivity contribution in [2.75, 3.05) is 18.6 Å². The Bertz CT molecular complexity index is 382. The van der Waals surface area contributed by atoms with Gasteiger partial charge in [0.15, 0.2) is 0 Å². The molecular formula is C12H14ClF3OS. The van der Waals surface area contributed by atoms with E-state index in [1.807, 2.05) is 6.26 Å². The predicted octanol–water partition coefficient (Wildman–Crippen LogP) is 4.58. The fraction of sp³-hybridized carbons (Fsp3) is 0.500. The SMILES string of the molecule is CSCCCOc1ccc(CCl)cc1C(F)(F)F. The average molecular weight is 299 g/mol. The number of alkyl halides is 4. The zero-order valence-electron chi connectivity index (χ0n) is 9.89. The molecule has 1 aromatic rings. The van der Waals surface area contributed by atoms with E-state index < -0.39 is 11.7 Å². The maximum atomic E-state index is 12.8. The van der Waals surface area contributed by atoms with Crippen LogP contribution in [0.5, 0.6) is 5.75 Å². The Labute approximate surface area is 114 Å². The summed E-state index contributed by atoms with van der Waals surface area (Å²) in [6.45, 7) is 0.282. The Morgan fingerprint density at radius 3 is 2.61 bits per heavy atom. The first kappa shape index (κ1) is 15.5. The van der Waals surface area contributed by atoms with Crippen LogP contribution in [0.3, 0.4) is 0 Å². The minimum Gasteiger partial charge on any atom is -0.493 e. The van der Waals surface area contributed by atoms with Crippen LogP contribution in [0.2, 0.25) is 0 Å². The first-order chi connectivity index (χ1) is 8.49. The van der Waals surface area contributed by atoms with Crippen molar-refractivity contribution in [2.45, 2.75) is 18.5 Å². The van der Waals surface area contributed by atoms with E-state index in [-0.39, 0.29) is 18.2 Å². The van der Waals surface area contributed by atoms with Gasteiger partial charge in [0.05, 0.1) is 12.2 Å². The van der Waals surface area contributed by atoms with E-state index in [0.29, 0.717) is 5.56 Å². The monoisotopic (exact) mass is 298 g/mol. The Kier molecular flexibility index (Phi) is 6.15. The lowest BCUT2D eigenvalue weighted by Gasteiger charge is -2.14. The smallest absolute Gasteiger partial charge is 0.419 e. The van der Waals surface area contributed by atoms with Gasteiger partial charge >= 0.3 is 6.18 Å². The molecule has 0 bridgehead atoms. The molecule has 0 spiro atoms. The van der Waals surface area contributed by atoms with E-state index in [9.17, 15) is 13.2 Å². The third kappa shape index (κ3) is 4.61. The molecule has 1 nitrogen and oxygen atoms in total. The maximum absolute atomic E-state index is 12.8. The highest BCUT2D eigenvalue weighted by Gasteiger charge is 2.34. The van der Waals surface area contributed by atoms with Crippen molar-refractivity contribution in [1.29, 1.82) is 0 Å². The molecule has 0 fully saturated rings. The molecule has 0 amide bonds. The number of thioether (sulfide) groups is 1. The standard InChI is InChI=1S/C12H14ClF3OS/c1-18-6-2-5-17-11-4-3-9(8-13)7-10(11)12(14,15)16/h3-4,7H,2,5-6,8H2,1H3. The summed E-state index contributed by atoms with van der Waals surface area (Å²) < 4.78 is 43.6. The fourth-order valence-electron chi connectivity index (χ4n) is 1.39. The molecule has 0 aromatic heterocycles. The minimum atomic E-state index is -4.42. The topological polar surface area (TPSA) is 9.23 Å². The fourth-order valence-corrected chi connectivity index (χ4v) is 1.97. The summed E-state index contributed by atoms with van der Waals surface area (Å²) in [5.41, 5.74) is -0.328. The second-order valence-corrected chi connectivity index (χ2v) is 4.91. The minimum absolute atomic E-state index is 0.0514. The van der Waals surface area contributed by atoms with Gasteiger partial charge in [-0.15, -0.1) is 11.6 Å². The summed E-state index contributed by atoms with van der Waals surface area (Å²) in [4.78, 5) is 0. The van der Waals surface area contributed by atoms with E-state index in [0.717, 1.165) is 18.2 Å². The molecule has 0 saturated carbocycles. The molecule has 102 valence electrons. The van der Waals surface area contributed by atoms with E-state index in [2.05, 4.69) is 0 Å². The number of halogens is 4. The van der Waals surface area contributed by atoms with Crippen LogP contribution < -0.4 is 4.74 Å². The highest BCUT2D eigenvalue weighted by atomic mass is 35.5. The highest BCUT2D eigenvalue weighted by molar-refractivity contribution is 7.98.